The van der Waals surface area contributed by atoms with Gasteiger partial charge in [0.05, 0.1) is 24.7 Å². The molecule has 0 aliphatic rings. The Hall–Kier alpha value is -3.87. The van der Waals surface area contributed by atoms with E-state index in [1.54, 1.807) is 37.4 Å². The number of nitrogens with one attached hydrogen (secondary N) is 1. The Bertz CT molecular complexity index is 1280. The van der Waals surface area contributed by atoms with Crippen LogP contribution in [0.5, 0.6) is 11.5 Å². The molecule has 1 aromatic heterocycles. The summed E-state index contributed by atoms with van der Waals surface area (Å²) in [5.74, 6) is 1.36. The number of amides is 1. The highest BCUT2D eigenvalue weighted by Crippen LogP contribution is 2.28. The smallest absolute Gasteiger partial charge is 0.251 e. The van der Waals surface area contributed by atoms with Crippen molar-refractivity contribution in [1.82, 2.24) is 14.9 Å². The van der Waals surface area contributed by atoms with Crippen LogP contribution in [0.4, 0.5) is 4.39 Å². The molecule has 1 N–H and O–H groups in total. The van der Waals surface area contributed by atoms with Crippen molar-refractivity contribution in [3.05, 3.63) is 89.5 Å². The average Bonchev–Trinajstić information content (AvgIpc) is 3.15. The number of ether oxygens (including phenoxy) is 2. The third-order valence-electron chi connectivity index (χ3n) is 5.22. The molecule has 0 spiro atoms. The fraction of sp³-hybridized carbons (Fsp3) is 0.231. The van der Waals surface area contributed by atoms with Gasteiger partial charge in [-0.05, 0) is 50.2 Å². The second-order valence-electron chi connectivity index (χ2n) is 7.98. The minimum Gasteiger partial charge on any atom is -0.493 e. The van der Waals surface area contributed by atoms with E-state index in [0.29, 0.717) is 34.0 Å². The number of hydrogen-bond acceptors (Lipinski definition) is 4. The molecule has 4 rings (SSSR count). The molecule has 0 aliphatic carbocycles. The molecule has 0 fully saturated rings. The lowest BCUT2D eigenvalue weighted by Gasteiger charge is -2.13. The molecule has 1 amide bonds. The van der Waals surface area contributed by atoms with Crippen LogP contribution >= 0.6 is 0 Å². The van der Waals surface area contributed by atoms with Crippen LogP contribution in [-0.2, 0) is 13.2 Å². The number of rotatable bonds is 8. The Kier molecular flexibility index (Phi) is 6.58. The van der Waals surface area contributed by atoms with Gasteiger partial charge >= 0.3 is 0 Å². The highest BCUT2D eigenvalue weighted by atomic mass is 19.1. The van der Waals surface area contributed by atoms with Gasteiger partial charge in [-0.1, -0.05) is 30.3 Å². The van der Waals surface area contributed by atoms with Crippen molar-refractivity contribution in [2.24, 2.45) is 0 Å². The van der Waals surface area contributed by atoms with Crippen LogP contribution in [0.1, 0.15) is 35.6 Å². The molecule has 0 bridgehead atoms. The topological polar surface area (TPSA) is 65.4 Å². The summed E-state index contributed by atoms with van der Waals surface area (Å²) in [7, 11) is 1.58. The summed E-state index contributed by atoms with van der Waals surface area (Å²) in [6.07, 6.45) is 0. The molecule has 0 aliphatic heterocycles. The van der Waals surface area contributed by atoms with Crippen LogP contribution in [0.2, 0.25) is 0 Å². The zero-order valence-corrected chi connectivity index (χ0v) is 18.8. The minimum atomic E-state index is -0.288. The van der Waals surface area contributed by atoms with Gasteiger partial charge in [-0.2, -0.15) is 0 Å². The van der Waals surface area contributed by atoms with Crippen molar-refractivity contribution < 1.29 is 18.7 Å². The number of benzene rings is 3. The van der Waals surface area contributed by atoms with E-state index >= 15 is 0 Å². The normalized spacial score (nSPS) is 11.1. The van der Waals surface area contributed by atoms with E-state index in [2.05, 4.69) is 5.32 Å². The molecule has 0 radical (unpaired) electrons. The zero-order chi connectivity index (χ0) is 23.4. The molecule has 1 heterocycles. The van der Waals surface area contributed by atoms with Gasteiger partial charge in [0.2, 0.25) is 0 Å². The molecular weight excluding hydrogens is 421 g/mol. The maximum absolute atomic E-state index is 14.4. The molecule has 0 saturated heterocycles. The predicted molar refractivity (Wildman–Crippen MR) is 125 cm³/mol. The predicted octanol–water partition coefficient (Wildman–Crippen LogP) is 4.95. The van der Waals surface area contributed by atoms with Gasteiger partial charge in [-0.25, -0.2) is 9.37 Å². The van der Waals surface area contributed by atoms with Crippen LogP contribution in [0.15, 0.2) is 66.7 Å². The van der Waals surface area contributed by atoms with E-state index in [9.17, 15) is 9.18 Å². The number of carbonyl (C=O) groups is 1. The monoisotopic (exact) mass is 447 g/mol. The van der Waals surface area contributed by atoms with Crippen molar-refractivity contribution in [2.75, 3.05) is 7.11 Å². The molecule has 170 valence electrons. The zero-order valence-electron chi connectivity index (χ0n) is 18.8. The fourth-order valence-corrected chi connectivity index (χ4v) is 3.63. The second kappa shape index (κ2) is 9.73. The number of carbonyl (C=O) groups excluding carboxylic acids is 1. The Morgan fingerprint density at radius 1 is 1.06 bits per heavy atom. The third-order valence-corrected chi connectivity index (χ3v) is 5.22. The molecule has 0 atom stereocenters. The molecule has 7 heteroatoms. The first kappa shape index (κ1) is 22.3. The van der Waals surface area contributed by atoms with E-state index < -0.39 is 0 Å². The van der Waals surface area contributed by atoms with E-state index in [4.69, 9.17) is 14.5 Å². The van der Waals surface area contributed by atoms with E-state index in [1.165, 1.54) is 6.07 Å². The first-order valence-corrected chi connectivity index (χ1v) is 10.8. The molecular formula is C26H26FN3O3. The molecule has 4 aromatic rings. The van der Waals surface area contributed by atoms with Gasteiger partial charge in [0.25, 0.3) is 5.91 Å². The third kappa shape index (κ3) is 4.98. The summed E-state index contributed by atoms with van der Waals surface area (Å²) >= 11 is 0. The lowest BCUT2D eigenvalue weighted by molar-refractivity contribution is 0.0943. The summed E-state index contributed by atoms with van der Waals surface area (Å²) in [4.78, 5) is 17.2. The number of hydrogen-bond donors (Lipinski definition) is 1. The molecule has 0 unspecified atom stereocenters. The van der Waals surface area contributed by atoms with Crippen LogP contribution in [0.25, 0.3) is 11.0 Å². The van der Waals surface area contributed by atoms with Gasteiger partial charge in [0.15, 0.2) is 11.5 Å². The van der Waals surface area contributed by atoms with Crippen LogP contribution in [0.3, 0.4) is 0 Å². The van der Waals surface area contributed by atoms with Crippen LogP contribution < -0.4 is 14.8 Å². The summed E-state index contributed by atoms with van der Waals surface area (Å²) in [5, 5.41) is 2.89. The van der Waals surface area contributed by atoms with Gasteiger partial charge in [0.1, 0.15) is 18.2 Å². The molecule has 6 nitrogen and oxygen atoms in total. The van der Waals surface area contributed by atoms with Crippen LogP contribution in [-0.4, -0.2) is 28.6 Å². The Balaban J connectivity index is 1.72. The Morgan fingerprint density at radius 3 is 2.52 bits per heavy atom. The van der Waals surface area contributed by atoms with Gasteiger partial charge in [-0.3, -0.25) is 4.79 Å². The Morgan fingerprint density at radius 2 is 1.79 bits per heavy atom. The number of methoxy groups -OCH3 is 1. The molecule has 33 heavy (non-hydrogen) atoms. The number of aromatic nitrogens is 2. The SMILES string of the molecule is COc1ccccc1OCc1nc2cc(C(=O)NC(C)C)ccc2n1Cc1ccccc1F. The van der Waals surface area contributed by atoms with Gasteiger partial charge in [-0.15, -0.1) is 0 Å². The van der Waals surface area contributed by atoms with Crippen molar-refractivity contribution >= 4 is 16.9 Å². The van der Waals surface area contributed by atoms with Crippen molar-refractivity contribution in [3.8, 4) is 11.5 Å². The minimum absolute atomic E-state index is 0.0247. The maximum atomic E-state index is 14.4. The fourth-order valence-electron chi connectivity index (χ4n) is 3.63. The maximum Gasteiger partial charge on any atom is 0.251 e. The quantitative estimate of drug-likeness (QED) is 0.415. The van der Waals surface area contributed by atoms with E-state index in [1.807, 2.05) is 48.7 Å². The van der Waals surface area contributed by atoms with Gasteiger partial charge < -0.3 is 19.4 Å². The number of nitrogens with zero attached hydrogens (tertiary/aromatic N) is 2. The lowest BCUT2D eigenvalue weighted by Crippen LogP contribution is -2.29. The first-order chi connectivity index (χ1) is 16.0. The Labute approximate surface area is 192 Å². The summed E-state index contributed by atoms with van der Waals surface area (Å²) in [5.41, 5.74) is 2.49. The summed E-state index contributed by atoms with van der Waals surface area (Å²) < 4.78 is 27.7. The van der Waals surface area contributed by atoms with E-state index in [-0.39, 0.29) is 30.9 Å². The first-order valence-electron chi connectivity index (χ1n) is 10.8. The van der Waals surface area contributed by atoms with Crippen molar-refractivity contribution in [2.45, 2.75) is 33.0 Å². The highest BCUT2D eigenvalue weighted by Gasteiger charge is 2.17. The van der Waals surface area contributed by atoms with Crippen molar-refractivity contribution in [1.29, 1.82) is 0 Å². The summed E-state index contributed by atoms with van der Waals surface area (Å²) in [6, 6.07) is 19.4. The van der Waals surface area contributed by atoms with E-state index in [0.717, 1.165) is 5.52 Å². The van der Waals surface area contributed by atoms with Crippen molar-refractivity contribution in [3.63, 3.8) is 0 Å². The summed E-state index contributed by atoms with van der Waals surface area (Å²) in [6.45, 7) is 4.25. The van der Waals surface area contributed by atoms with Gasteiger partial charge in [0, 0.05) is 17.2 Å². The highest BCUT2D eigenvalue weighted by molar-refractivity contribution is 5.97. The second-order valence-corrected chi connectivity index (χ2v) is 7.98. The number of imidazole rings is 1. The largest absolute Gasteiger partial charge is 0.493 e. The number of para-hydroxylation sites is 2. The molecule has 0 saturated carbocycles. The molecule has 3 aromatic carbocycles. The average molecular weight is 448 g/mol. The standard InChI is InChI=1S/C26H26FN3O3/c1-17(2)28-26(31)18-12-13-22-21(14-18)29-25(16-33-24-11-7-6-10-23(24)32-3)30(22)15-19-8-4-5-9-20(19)27/h4-14,17H,15-16H2,1-3H3,(H,28,31). The number of fused-ring (bicyclic) bond motifs is 1. The van der Waals surface area contributed by atoms with Crippen LogP contribution in [0, 0.1) is 5.82 Å². The number of halogens is 1. The lowest BCUT2D eigenvalue weighted by atomic mass is 10.1.